The highest BCUT2D eigenvalue weighted by atomic mass is 19.1. The van der Waals surface area contributed by atoms with Crippen LogP contribution in [0.1, 0.15) is 16.7 Å². The first kappa shape index (κ1) is 12.5. The van der Waals surface area contributed by atoms with Crippen LogP contribution in [0.3, 0.4) is 0 Å². The zero-order valence-electron chi connectivity index (χ0n) is 11.5. The molecule has 3 nitrogen and oxygen atoms in total. The van der Waals surface area contributed by atoms with Crippen molar-refractivity contribution in [1.82, 2.24) is 4.90 Å². The van der Waals surface area contributed by atoms with Crippen LogP contribution in [0.4, 0.5) is 4.39 Å². The molecule has 1 unspecified atom stereocenters. The second-order valence-electron chi connectivity index (χ2n) is 5.52. The van der Waals surface area contributed by atoms with E-state index in [1.165, 1.54) is 12.1 Å². The molecular formula is C17H15FN2O. The Morgan fingerprint density at radius 2 is 1.90 bits per heavy atom. The molecule has 1 atom stereocenters. The number of hydrogen-bond acceptors (Lipinski definition) is 3. The van der Waals surface area contributed by atoms with E-state index in [0.717, 1.165) is 22.5 Å². The number of aliphatic hydroxyl groups is 1. The summed E-state index contributed by atoms with van der Waals surface area (Å²) in [5, 5.41) is 11.3. The Balaban J connectivity index is 1.79. The van der Waals surface area contributed by atoms with Crippen molar-refractivity contribution >= 4 is 5.84 Å². The van der Waals surface area contributed by atoms with Gasteiger partial charge in [-0.1, -0.05) is 36.4 Å². The van der Waals surface area contributed by atoms with Gasteiger partial charge in [0.15, 0.2) is 5.72 Å². The summed E-state index contributed by atoms with van der Waals surface area (Å²) in [6.45, 7) is 1.41. The molecule has 21 heavy (non-hydrogen) atoms. The quantitative estimate of drug-likeness (QED) is 0.917. The monoisotopic (exact) mass is 282 g/mol. The second-order valence-corrected chi connectivity index (χ2v) is 5.52. The Hall–Kier alpha value is -2.20. The molecule has 2 aromatic rings. The van der Waals surface area contributed by atoms with Gasteiger partial charge >= 0.3 is 0 Å². The van der Waals surface area contributed by atoms with Gasteiger partial charge in [-0.2, -0.15) is 0 Å². The predicted molar refractivity (Wildman–Crippen MR) is 78.6 cm³/mol. The van der Waals surface area contributed by atoms with Crippen LogP contribution < -0.4 is 0 Å². The van der Waals surface area contributed by atoms with E-state index in [-0.39, 0.29) is 5.82 Å². The number of nitrogens with zero attached hydrogens (tertiary/aromatic N) is 2. The number of amidine groups is 1. The highest BCUT2D eigenvalue weighted by molar-refractivity contribution is 6.04. The van der Waals surface area contributed by atoms with Crippen LogP contribution in [0.15, 0.2) is 53.5 Å². The summed E-state index contributed by atoms with van der Waals surface area (Å²) in [7, 11) is 0. The highest BCUT2D eigenvalue weighted by Crippen LogP contribution is 2.41. The second kappa shape index (κ2) is 4.40. The summed E-state index contributed by atoms with van der Waals surface area (Å²) < 4.78 is 13.1. The lowest BCUT2D eigenvalue weighted by Gasteiger charge is -2.33. The number of hydrogen-bond donors (Lipinski definition) is 1. The summed E-state index contributed by atoms with van der Waals surface area (Å²) in [6, 6.07) is 14.1. The average molecular weight is 282 g/mol. The van der Waals surface area contributed by atoms with E-state index >= 15 is 0 Å². The van der Waals surface area contributed by atoms with Gasteiger partial charge in [-0.15, -0.1) is 0 Å². The van der Waals surface area contributed by atoms with Crippen LogP contribution in [0.5, 0.6) is 0 Å². The van der Waals surface area contributed by atoms with Gasteiger partial charge in [0.2, 0.25) is 0 Å². The lowest BCUT2D eigenvalue weighted by Crippen LogP contribution is -2.44. The third-order valence-electron chi connectivity index (χ3n) is 4.25. The fraction of sp³-hybridized carbons (Fsp3) is 0.235. The van der Waals surface area contributed by atoms with Crippen molar-refractivity contribution in [3.8, 4) is 0 Å². The number of aliphatic imine (C=N–C) groups is 1. The van der Waals surface area contributed by atoms with Crippen LogP contribution in [0.25, 0.3) is 0 Å². The molecule has 2 heterocycles. The maximum atomic E-state index is 13.1. The number of benzene rings is 2. The van der Waals surface area contributed by atoms with Crippen LogP contribution in [-0.4, -0.2) is 28.9 Å². The smallest absolute Gasteiger partial charge is 0.170 e. The standard InChI is InChI=1S/C17H15FN2O/c18-13-7-5-12(6-8-13)11-17(21)15-4-2-1-3-14(15)16-19-9-10-20(16)17/h1-8,21H,9-11H2. The van der Waals surface area contributed by atoms with Gasteiger partial charge in [-0.25, -0.2) is 4.39 Å². The lowest BCUT2D eigenvalue weighted by atomic mass is 9.94. The maximum Gasteiger partial charge on any atom is 0.170 e. The Bertz CT molecular complexity index is 726. The van der Waals surface area contributed by atoms with Gasteiger partial charge in [-0.3, -0.25) is 4.99 Å². The van der Waals surface area contributed by atoms with Crippen LogP contribution >= 0.6 is 0 Å². The molecule has 0 aromatic heterocycles. The normalized spacial score (nSPS) is 23.0. The van der Waals surface area contributed by atoms with Crippen molar-refractivity contribution in [2.45, 2.75) is 12.1 Å². The molecule has 2 aromatic carbocycles. The zero-order valence-corrected chi connectivity index (χ0v) is 11.5. The highest BCUT2D eigenvalue weighted by Gasteiger charge is 2.48. The number of halogens is 1. The molecule has 106 valence electrons. The fourth-order valence-electron chi connectivity index (χ4n) is 3.29. The van der Waals surface area contributed by atoms with Crippen LogP contribution in [0.2, 0.25) is 0 Å². The first-order chi connectivity index (χ1) is 10.2. The van der Waals surface area contributed by atoms with Crippen molar-refractivity contribution in [1.29, 1.82) is 0 Å². The predicted octanol–water partition coefficient (Wildman–Crippen LogP) is 2.29. The lowest BCUT2D eigenvalue weighted by molar-refractivity contribution is -0.0637. The zero-order chi connectivity index (χ0) is 14.4. The minimum Gasteiger partial charge on any atom is -0.366 e. The molecular weight excluding hydrogens is 267 g/mol. The molecule has 4 heteroatoms. The molecule has 0 radical (unpaired) electrons. The molecule has 0 saturated carbocycles. The molecule has 2 aliphatic rings. The van der Waals surface area contributed by atoms with Crippen molar-refractivity contribution < 1.29 is 9.50 Å². The fourth-order valence-corrected chi connectivity index (χ4v) is 3.29. The first-order valence-corrected chi connectivity index (χ1v) is 7.07. The van der Waals surface area contributed by atoms with Crippen LogP contribution in [-0.2, 0) is 12.1 Å². The van der Waals surface area contributed by atoms with Crippen molar-refractivity contribution in [2.24, 2.45) is 4.99 Å². The Morgan fingerprint density at radius 1 is 1.14 bits per heavy atom. The third-order valence-corrected chi connectivity index (χ3v) is 4.25. The van der Waals surface area contributed by atoms with E-state index in [1.807, 2.05) is 29.2 Å². The van der Waals surface area contributed by atoms with E-state index in [9.17, 15) is 9.50 Å². The van der Waals surface area contributed by atoms with E-state index in [4.69, 9.17) is 0 Å². The molecule has 0 spiro atoms. The van der Waals surface area contributed by atoms with Gasteiger partial charge in [0.25, 0.3) is 0 Å². The van der Waals surface area contributed by atoms with Crippen LogP contribution in [0, 0.1) is 5.82 Å². The van der Waals surface area contributed by atoms with E-state index in [1.54, 1.807) is 12.1 Å². The van der Waals surface area contributed by atoms with Gasteiger partial charge in [0.1, 0.15) is 11.7 Å². The molecule has 1 N–H and O–H groups in total. The van der Waals surface area contributed by atoms with Crippen molar-refractivity contribution in [3.63, 3.8) is 0 Å². The van der Waals surface area contributed by atoms with Gasteiger partial charge in [0, 0.05) is 24.1 Å². The topological polar surface area (TPSA) is 35.8 Å². The third kappa shape index (κ3) is 1.79. The van der Waals surface area contributed by atoms with Gasteiger partial charge in [-0.05, 0) is 17.7 Å². The SMILES string of the molecule is OC1(Cc2ccc(F)cc2)c2ccccc2C2=NCCN21. The Morgan fingerprint density at radius 3 is 2.71 bits per heavy atom. The molecule has 0 amide bonds. The maximum absolute atomic E-state index is 13.1. The summed E-state index contributed by atoms with van der Waals surface area (Å²) in [5.41, 5.74) is 1.69. The minimum absolute atomic E-state index is 0.263. The largest absolute Gasteiger partial charge is 0.366 e. The minimum atomic E-state index is -1.09. The molecule has 0 fully saturated rings. The van der Waals surface area contributed by atoms with Crippen molar-refractivity contribution in [2.75, 3.05) is 13.1 Å². The summed E-state index contributed by atoms with van der Waals surface area (Å²) >= 11 is 0. The van der Waals surface area contributed by atoms with E-state index in [2.05, 4.69) is 4.99 Å². The van der Waals surface area contributed by atoms with E-state index < -0.39 is 5.72 Å². The Labute approximate surface area is 122 Å². The molecule has 0 bridgehead atoms. The van der Waals surface area contributed by atoms with E-state index in [0.29, 0.717) is 19.5 Å². The molecule has 2 aliphatic heterocycles. The summed E-state index contributed by atoms with van der Waals surface area (Å²) in [5.74, 6) is 0.608. The summed E-state index contributed by atoms with van der Waals surface area (Å²) in [4.78, 5) is 6.47. The Kier molecular flexibility index (Phi) is 2.62. The van der Waals surface area contributed by atoms with Gasteiger partial charge in [0.05, 0.1) is 6.54 Å². The van der Waals surface area contributed by atoms with Gasteiger partial charge < -0.3 is 10.0 Å². The molecule has 0 aliphatic carbocycles. The average Bonchev–Trinajstić information content (AvgIpc) is 3.06. The first-order valence-electron chi connectivity index (χ1n) is 7.07. The number of fused-ring (bicyclic) bond motifs is 3. The molecule has 4 rings (SSSR count). The summed E-state index contributed by atoms with van der Waals surface area (Å²) in [6.07, 6.45) is 0.420. The number of rotatable bonds is 2. The molecule has 0 saturated heterocycles. The van der Waals surface area contributed by atoms with Crippen molar-refractivity contribution in [3.05, 3.63) is 71.0 Å².